The van der Waals surface area contributed by atoms with Crippen molar-refractivity contribution in [1.29, 1.82) is 0 Å². The number of nitrogens with two attached hydrogens (primary N) is 1. The third-order valence-corrected chi connectivity index (χ3v) is 5.60. The molecule has 0 saturated heterocycles. The number of esters is 1. The van der Waals surface area contributed by atoms with Crippen LogP contribution >= 0.6 is 23.2 Å². The van der Waals surface area contributed by atoms with Gasteiger partial charge >= 0.3 is 5.97 Å². The average Bonchev–Trinajstić information content (AvgIpc) is 2.83. The molecular formula is C28H29Cl2N7O3. The standard InChI is InChI=1S/C15H16ClN3O2.C13H13ClN4O/c1-4-21-15(20)14-12(8-13(16)18-19-14)17-11-6-9(2)5-10(3)7-11;1-7-3-8(2)5-9(4-7)16-10-6-11(14)17-18-12(10)13(15)19/h5-8H,4H2,1-3H3,(H,17,18);3-6H,1-2H3,(H2,15,19)(H,16,17). The third kappa shape index (κ3) is 8.62. The summed E-state index contributed by atoms with van der Waals surface area (Å²) in [5.74, 6) is -1.19. The van der Waals surface area contributed by atoms with Crippen LogP contribution in [0, 0.1) is 27.7 Å². The monoisotopic (exact) mass is 581 g/mol. The summed E-state index contributed by atoms with van der Waals surface area (Å²) in [6.07, 6.45) is 0. The molecule has 0 atom stereocenters. The predicted octanol–water partition coefficient (Wildman–Crippen LogP) is 6.26. The van der Waals surface area contributed by atoms with E-state index in [9.17, 15) is 9.59 Å². The summed E-state index contributed by atoms with van der Waals surface area (Å²) >= 11 is 11.6. The SMILES string of the molecule is CCOC(=O)c1nnc(Cl)cc1Nc1cc(C)cc(C)c1.Cc1cc(C)cc(Nc2cc(Cl)nnc2C(N)=O)c1. The molecule has 0 fully saturated rings. The second-order valence-corrected chi connectivity index (χ2v) is 9.72. The van der Waals surface area contributed by atoms with Crippen LogP contribution in [0.25, 0.3) is 0 Å². The Morgan fingerprint density at radius 2 is 1.10 bits per heavy atom. The van der Waals surface area contributed by atoms with Gasteiger partial charge in [0.05, 0.1) is 18.0 Å². The second kappa shape index (κ2) is 13.7. The molecule has 2 aromatic carbocycles. The van der Waals surface area contributed by atoms with E-state index in [4.69, 9.17) is 33.7 Å². The highest BCUT2D eigenvalue weighted by atomic mass is 35.5. The number of carbonyl (C=O) groups excluding carboxylic acids is 2. The Kier molecular flexibility index (Phi) is 10.4. The number of nitrogens with one attached hydrogen (secondary N) is 2. The van der Waals surface area contributed by atoms with E-state index >= 15 is 0 Å². The molecule has 4 rings (SSSR count). The van der Waals surface area contributed by atoms with Crippen LogP contribution in [0.3, 0.4) is 0 Å². The van der Waals surface area contributed by atoms with E-state index in [2.05, 4.69) is 43.2 Å². The highest BCUT2D eigenvalue weighted by Crippen LogP contribution is 2.25. The van der Waals surface area contributed by atoms with Gasteiger partial charge in [-0.2, -0.15) is 0 Å². The lowest BCUT2D eigenvalue weighted by atomic mass is 10.1. The maximum atomic E-state index is 11.9. The van der Waals surface area contributed by atoms with E-state index in [1.54, 1.807) is 13.0 Å². The molecule has 10 nitrogen and oxygen atoms in total. The number of benzene rings is 2. The molecule has 0 aliphatic carbocycles. The van der Waals surface area contributed by atoms with Crippen LogP contribution in [0.4, 0.5) is 22.7 Å². The molecule has 0 saturated carbocycles. The lowest BCUT2D eigenvalue weighted by Crippen LogP contribution is -2.16. The Labute approximate surface area is 242 Å². The Balaban J connectivity index is 0.000000222. The molecule has 0 radical (unpaired) electrons. The number of hydrogen-bond acceptors (Lipinski definition) is 9. The highest BCUT2D eigenvalue weighted by molar-refractivity contribution is 6.30. The van der Waals surface area contributed by atoms with E-state index in [1.807, 2.05) is 52.0 Å². The summed E-state index contributed by atoms with van der Waals surface area (Å²) in [5.41, 5.74) is 12.5. The number of aromatic nitrogens is 4. The molecule has 0 unspecified atom stereocenters. The van der Waals surface area contributed by atoms with Gasteiger partial charge in [0.1, 0.15) is 0 Å². The largest absolute Gasteiger partial charge is 0.461 e. The fourth-order valence-corrected chi connectivity index (χ4v) is 4.16. The Morgan fingerprint density at radius 1 is 0.700 bits per heavy atom. The van der Waals surface area contributed by atoms with Gasteiger partial charge in [0.25, 0.3) is 5.91 Å². The second-order valence-electron chi connectivity index (χ2n) is 8.95. The zero-order valence-corrected chi connectivity index (χ0v) is 24.2. The van der Waals surface area contributed by atoms with E-state index in [0.717, 1.165) is 33.6 Å². The van der Waals surface area contributed by atoms with Gasteiger partial charge in [-0.15, -0.1) is 20.4 Å². The van der Waals surface area contributed by atoms with Crippen LogP contribution in [0.2, 0.25) is 10.3 Å². The smallest absolute Gasteiger partial charge is 0.361 e. The Bertz CT molecular complexity index is 1510. The topological polar surface area (TPSA) is 145 Å². The zero-order chi connectivity index (χ0) is 29.4. The number of hydrogen-bond donors (Lipinski definition) is 3. The van der Waals surface area contributed by atoms with Crippen molar-refractivity contribution >= 4 is 57.8 Å². The number of halogens is 2. The summed E-state index contributed by atoms with van der Waals surface area (Å²) in [6, 6.07) is 15.0. The molecule has 0 bridgehead atoms. The molecule has 40 heavy (non-hydrogen) atoms. The molecule has 2 heterocycles. The molecular weight excluding hydrogens is 553 g/mol. The first-order valence-electron chi connectivity index (χ1n) is 12.2. The number of anilines is 4. The van der Waals surface area contributed by atoms with Crippen molar-refractivity contribution in [3.8, 4) is 0 Å². The fraction of sp³-hybridized carbons (Fsp3) is 0.214. The molecule has 208 valence electrons. The van der Waals surface area contributed by atoms with Crippen molar-refractivity contribution < 1.29 is 14.3 Å². The van der Waals surface area contributed by atoms with Crippen LogP contribution in [0.5, 0.6) is 0 Å². The van der Waals surface area contributed by atoms with Crippen LogP contribution < -0.4 is 16.4 Å². The number of ether oxygens (including phenoxy) is 1. The molecule has 1 amide bonds. The molecule has 12 heteroatoms. The Morgan fingerprint density at radius 3 is 1.50 bits per heavy atom. The minimum Gasteiger partial charge on any atom is -0.461 e. The normalized spacial score (nSPS) is 10.3. The number of amides is 1. The molecule has 0 aliphatic heterocycles. The van der Waals surface area contributed by atoms with Crippen molar-refractivity contribution in [2.75, 3.05) is 17.2 Å². The molecule has 2 aromatic heterocycles. The maximum absolute atomic E-state index is 11.9. The van der Waals surface area contributed by atoms with Gasteiger partial charge in [0.15, 0.2) is 21.7 Å². The van der Waals surface area contributed by atoms with Gasteiger partial charge in [0.2, 0.25) is 0 Å². The summed E-state index contributed by atoms with van der Waals surface area (Å²) < 4.78 is 4.97. The predicted molar refractivity (Wildman–Crippen MR) is 157 cm³/mol. The summed E-state index contributed by atoms with van der Waals surface area (Å²) in [7, 11) is 0. The van der Waals surface area contributed by atoms with Crippen molar-refractivity contribution in [2.24, 2.45) is 5.73 Å². The van der Waals surface area contributed by atoms with Crippen molar-refractivity contribution in [1.82, 2.24) is 20.4 Å². The summed E-state index contributed by atoms with van der Waals surface area (Å²) in [6.45, 7) is 9.99. The molecule has 0 spiro atoms. The van der Waals surface area contributed by atoms with E-state index in [1.165, 1.54) is 6.07 Å². The number of aryl methyl sites for hydroxylation is 4. The summed E-state index contributed by atoms with van der Waals surface area (Å²) in [5, 5.41) is 21.5. The first kappa shape index (κ1) is 30.3. The van der Waals surface area contributed by atoms with Crippen LogP contribution in [0.1, 0.15) is 50.2 Å². The van der Waals surface area contributed by atoms with E-state index in [-0.39, 0.29) is 28.3 Å². The van der Waals surface area contributed by atoms with Gasteiger partial charge in [0, 0.05) is 23.5 Å². The lowest BCUT2D eigenvalue weighted by molar-refractivity contribution is 0.0519. The molecule has 0 aliphatic rings. The quantitative estimate of drug-likeness (QED) is 0.215. The Hall–Kier alpha value is -4.28. The highest BCUT2D eigenvalue weighted by Gasteiger charge is 2.17. The molecule has 4 aromatic rings. The van der Waals surface area contributed by atoms with Crippen molar-refractivity contribution in [3.63, 3.8) is 0 Å². The van der Waals surface area contributed by atoms with Gasteiger partial charge in [-0.1, -0.05) is 35.3 Å². The lowest BCUT2D eigenvalue weighted by Gasteiger charge is -2.11. The van der Waals surface area contributed by atoms with Crippen LogP contribution in [0.15, 0.2) is 48.5 Å². The minimum absolute atomic E-state index is 0.0589. The van der Waals surface area contributed by atoms with Crippen LogP contribution in [-0.4, -0.2) is 38.9 Å². The fourth-order valence-electron chi connectivity index (χ4n) is 3.86. The maximum Gasteiger partial charge on any atom is 0.361 e. The third-order valence-electron chi connectivity index (χ3n) is 5.23. The number of rotatable bonds is 7. The number of carbonyl (C=O) groups is 2. The van der Waals surface area contributed by atoms with Crippen molar-refractivity contribution in [2.45, 2.75) is 34.6 Å². The van der Waals surface area contributed by atoms with Gasteiger partial charge < -0.3 is 21.1 Å². The van der Waals surface area contributed by atoms with E-state index < -0.39 is 11.9 Å². The van der Waals surface area contributed by atoms with Crippen LogP contribution in [-0.2, 0) is 4.74 Å². The number of nitrogens with zero attached hydrogens (tertiary/aromatic N) is 4. The minimum atomic E-state index is -0.656. The molecule has 4 N–H and O–H groups in total. The first-order valence-corrected chi connectivity index (χ1v) is 12.9. The number of primary amides is 1. The average molecular weight is 582 g/mol. The van der Waals surface area contributed by atoms with Gasteiger partial charge in [-0.05, 0) is 81.1 Å². The first-order chi connectivity index (χ1) is 18.9. The summed E-state index contributed by atoms with van der Waals surface area (Å²) in [4.78, 5) is 23.2. The van der Waals surface area contributed by atoms with Crippen molar-refractivity contribution in [3.05, 3.63) is 92.5 Å². The van der Waals surface area contributed by atoms with Gasteiger partial charge in [-0.25, -0.2) is 4.79 Å². The van der Waals surface area contributed by atoms with E-state index in [0.29, 0.717) is 11.4 Å². The van der Waals surface area contributed by atoms with Gasteiger partial charge in [-0.3, -0.25) is 4.79 Å². The zero-order valence-electron chi connectivity index (χ0n) is 22.7.